The molecule has 22 heavy (non-hydrogen) atoms. The van der Waals surface area contributed by atoms with Gasteiger partial charge >= 0.3 is 0 Å². The van der Waals surface area contributed by atoms with Crippen molar-refractivity contribution in [1.29, 1.82) is 0 Å². The molecule has 0 unspecified atom stereocenters. The Morgan fingerprint density at radius 2 is 1.82 bits per heavy atom. The fraction of sp³-hybridized carbons (Fsp3) is 0.714. The molecule has 1 amide bonds. The molecule has 6 nitrogen and oxygen atoms in total. The summed E-state index contributed by atoms with van der Waals surface area (Å²) in [5.41, 5.74) is 0.657. The van der Waals surface area contributed by atoms with Crippen LogP contribution in [0.4, 0.5) is 0 Å². The van der Waals surface area contributed by atoms with Gasteiger partial charge in [-0.1, -0.05) is 19.8 Å². The Balaban J connectivity index is 1.96. The van der Waals surface area contributed by atoms with Crippen LogP contribution in [-0.2, 0) is 14.6 Å². The molecule has 0 saturated carbocycles. The number of carbonyl (C=O) groups is 1. The maximum Gasteiger partial charge on any atom is 0.219 e. The van der Waals surface area contributed by atoms with Crippen LogP contribution in [-0.4, -0.2) is 44.0 Å². The monoisotopic (exact) mass is 347 g/mol. The lowest BCUT2D eigenvalue weighted by molar-refractivity contribution is -0.120. The van der Waals surface area contributed by atoms with E-state index in [1.54, 1.807) is 6.08 Å². The molecule has 0 fully saturated rings. The summed E-state index contributed by atoms with van der Waals surface area (Å²) in [4.78, 5) is 11.0. The van der Waals surface area contributed by atoms with Crippen molar-refractivity contribution in [2.75, 3.05) is 24.6 Å². The summed E-state index contributed by atoms with van der Waals surface area (Å²) in [6, 6.07) is 0. The zero-order valence-electron chi connectivity index (χ0n) is 13.0. The SMILES string of the molecule is CCC(=O)NCCCCCCNC(=S)NC1=CCS(=O)(=O)C1. The lowest BCUT2D eigenvalue weighted by Crippen LogP contribution is -2.35. The standard InChI is InChI=1S/C14H25N3O3S2/c1-2-13(18)15-8-5-3-4-6-9-16-14(21)17-12-7-10-22(19,20)11-12/h7H,2-6,8-11H2,1H3,(H,15,18)(H2,16,17,21). The van der Waals surface area contributed by atoms with Crippen LogP contribution >= 0.6 is 12.2 Å². The fourth-order valence-electron chi connectivity index (χ4n) is 2.02. The first-order valence-electron chi connectivity index (χ1n) is 7.64. The highest BCUT2D eigenvalue weighted by Gasteiger charge is 2.19. The number of hydrogen-bond acceptors (Lipinski definition) is 4. The first-order valence-corrected chi connectivity index (χ1v) is 9.87. The molecule has 1 heterocycles. The molecular formula is C14H25N3O3S2. The number of nitrogens with one attached hydrogen (secondary N) is 3. The summed E-state index contributed by atoms with van der Waals surface area (Å²) in [7, 11) is -2.96. The minimum atomic E-state index is -2.96. The summed E-state index contributed by atoms with van der Waals surface area (Å²) in [6.45, 7) is 3.34. The van der Waals surface area contributed by atoms with E-state index in [4.69, 9.17) is 12.2 Å². The van der Waals surface area contributed by atoms with Crippen molar-refractivity contribution >= 4 is 33.1 Å². The molecule has 0 aliphatic carbocycles. The van der Waals surface area contributed by atoms with Crippen LogP contribution in [0.1, 0.15) is 39.0 Å². The Kier molecular flexibility index (Phi) is 8.40. The smallest absolute Gasteiger partial charge is 0.219 e. The molecule has 126 valence electrons. The second-order valence-corrected chi connectivity index (χ2v) is 7.80. The van der Waals surface area contributed by atoms with E-state index in [9.17, 15) is 13.2 Å². The van der Waals surface area contributed by atoms with Gasteiger partial charge in [-0.3, -0.25) is 4.79 Å². The topological polar surface area (TPSA) is 87.3 Å². The van der Waals surface area contributed by atoms with Gasteiger partial charge in [0.25, 0.3) is 0 Å². The van der Waals surface area contributed by atoms with E-state index in [1.807, 2.05) is 6.92 Å². The number of hydrogen-bond donors (Lipinski definition) is 3. The van der Waals surface area contributed by atoms with Crippen LogP contribution < -0.4 is 16.0 Å². The van der Waals surface area contributed by atoms with Crippen LogP contribution in [0.3, 0.4) is 0 Å². The zero-order valence-corrected chi connectivity index (χ0v) is 14.6. The van der Waals surface area contributed by atoms with E-state index in [-0.39, 0.29) is 17.4 Å². The summed E-state index contributed by atoms with van der Waals surface area (Å²) < 4.78 is 22.6. The van der Waals surface area contributed by atoms with Gasteiger partial charge in [-0.15, -0.1) is 0 Å². The van der Waals surface area contributed by atoms with Gasteiger partial charge < -0.3 is 16.0 Å². The van der Waals surface area contributed by atoms with Crippen LogP contribution in [0.15, 0.2) is 11.8 Å². The number of rotatable bonds is 9. The third-order valence-electron chi connectivity index (χ3n) is 3.27. The van der Waals surface area contributed by atoms with Crippen LogP contribution in [0, 0.1) is 0 Å². The quantitative estimate of drug-likeness (QED) is 0.423. The molecular weight excluding hydrogens is 322 g/mol. The average molecular weight is 348 g/mol. The molecule has 0 spiro atoms. The van der Waals surface area contributed by atoms with Crippen molar-refractivity contribution in [3.8, 4) is 0 Å². The maximum atomic E-state index is 11.3. The number of thiocarbonyl (C=S) groups is 1. The van der Waals surface area contributed by atoms with E-state index in [1.165, 1.54) is 0 Å². The van der Waals surface area contributed by atoms with Crippen molar-refractivity contribution in [2.45, 2.75) is 39.0 Å². The van der Waals surface area contributed by atoms with Gasteiger partial charge in [0.2, 0.25) is 5.91 Å². The van der Waals surface area contributed by atoms with E-state index in [0.717, 1.165) is 38.8 Å². The van der Waals surface area contributed by atoms with Crippen molar-refractivity contribution in [3.05, 3.63) is 11.8 Å². The summed E-state index contributed by atoms with van der Waals surface area (Å²) in [6.07, 6.45) is 6.30. The number of carbonyl (C=O) groups excluding carboxylic acids is 1. The van der Waals surface area contributed by atoms with Crippen molar-refractivity contribution in [1.82, 2.24) is 16.0 Å². The molecule has 0 bridgehead atoms. The second kappa shape index (κ2) is 9.78. The summed E-state index contributed by atoms with van der Waals surface area (Å²) in [5.74, 6) is 0.228. The molecule has 0 aromatic rings. The first-order chi connectivity index (χ1) is 10.4. The molecule has 0 aromatic carbocycles. The minimum absolute atomic E-state index is 0.0400. The van der Waals surface area contributed by atoms with Gasteiger partial charge in [0, 0.05) is 25.2 Å². The van der Waals surface area contributed by atoms with Crippen LogP contribution in [0.5, 0.6) is 0 Å². The Labute approximate surface area is 138 Å². The number of sulfone groups is 1. The van der Waals surface area contributed by atoms with Gasteiger partial charge in [0.15, 0.2) is 14.9 Å². The van der Waals surface area contributed by atoms with E-state index in [2.05, 4.69) is 16.0 Å². The van der Waals surface area contributed by atoms with E-state index >= 15 is 0 Å². The second-order valence-electron chi connectivity index (χ2n) is 5.28. The molecule has 0 radical (unpaired) electrons. The molecule has 8 heteroatoms. The van der Waals surface area contributed by atoms with Crippen molar-refractivity contribution in [2.24, 2.45) is 0 Å². The summed E-state index contributed by atoms with van der Waals surface area (Å²) in [5, 5.41) is 9.31. The largest absolute Gasteiger partial charge is 0.362 e. The highest BCUT2D eigenvalue weighted by molar-refractivity contribution is 7.92. The molecule has 1 rings (SSSR count). The van der Waals surface area contributed by atoms with E-state index < -0.39 is 9.84 Å². The molecule has 0 aromatic heterocycles. The Hall–Kier alpha value is -1.15. The molecule has 3 N–H and O–H groups in total. The third-order valence-corrected chi connectivity index (χ3v) is 4.94. The van der Waals surface area contributed by atoms with Crippen molar-refractivity contribution in [3.63, 3.8) is 0 Å². The molecule has 1 aliphatic heterocycles. The Morgan fingerprint density at radius 3 is 2.36 bits per heavy atom. The Morgan fingerprint density at radius 1 is 1.18 bits per heavy atom. The maximum absolute atomic E-state index is 11.3. The highest BCUT2D eigenvalue weighted by Crippen LogP contribution is 2.08. The van der Waals surface area contributed by atoms with Gasteiger partial charge in [0.05, 0.1) is 11.5 Å². The highest BCUT2D eigenvalue weighted by atomic mass is 32.2. The van der Waals surface area contributed by atoms with Crippen molar-refractivity contribution < 1.29 is 13.2 Å². The van der Waals surface area contributed by atoms with Crippen LogP contribution in [0.2, 0.25) is 0 Å². The lowest BCUT2D eigenvalue weighted by Gasteiger charge is -2.10. The predicted molar refractivity (Wildman–Crippen MR) is 92.2 cm³/mol. The number of amides is 1. The van der Waals surface area contributed by atoms with Gasteiger partial charge in [-0.25, -0.2) is 8.42 Å². The molecule has 1 aliphatic rings. The summed E-state index contributed by atoms with van der Waals surface area (Å²) >= 11 is 5.12. The van der Waals surface area contributed by atoms with Gasteiger partial charge in [0.1, 0.15) is 0 Å². The fourth-order valence-corrected chi connectivity index (χ4v) is 3.49. The zero-order chi connectivity index (χ0) is 16.4. The molecule has 0 atom stereocenters. The molecule has 0 saturated heterocycles. The van der Waals surface area contributed by atoms with Gasteiger partial charge in [-0.2, -0.15) is 0 Å². The van der Waals surface area contributed by atoms with Crippen LogP contribution in [0.25, 0.3) is 0 Å². The average Bonchev–Trinajstić information content (AvgIpc) is 2.80. The van der Waals surface area contributed by atoms with Gasteiger partial charge in [-0.05, 0) is 31.1 Å². The van der Waals surface area contributed by atoms with E-state index in [0.29, 0.717) is 17.2 Å². The number of unbranched alkanes of at least 4 members (excludes halogenated alkanes) is 3. The predicted octanol–water partition coefficient (Wildman–Crippen LogP) is 0.849. The minimum Gasteiger partial charge on any atom is -0.362 e. The normalized spacial score (nSPS) is 16.0. The first kappa shape index (κ1) is 18.9. The third kappa shape index (κ3) is 8.33. The lowest BCUT2D eigenvalue weighted by atomic mass is 10.2. The Bertz CT molecular complexity index is 515.